The van der Waals surface area contributed by atoms with E-state index in [0.29, 0.717) is 18.0 Å². The van der Waals surface area contributed by atoms with Gasteiger partial charge in [-0.2, -0.15) is 0 Å². The van der Waals surface area contributed by atoms with Gasteiger partial charge < -0.3 is 24.8 Å². The van der Waals surface area contributed by atoms with Gasteiger partial charge in [0, 0.05) is 18.5 Å². The van der Waals surface area contributed by atoms with Crippen molar-refractivity contribution < 1.29 is 32.2 Å². The molecule has 34 heavy (non-hydrogen) atoms. The molecule has 0 atom stereocenters. The number of aromatic nitrogens is 1. The predicted octanol–water partition coefficient (Wildman–Crippen LogP) is 6.69. The van der Waals surface area contributed by atoms with E-state index < -0.39 is 23.7 Å². The van der Waals surface area contributed by atoms with Gasteiger partial charge >= 0.3 is 12.4 Å². The Morgan fingerprint density at radius 2 is 1.71 bits per heavy atom. The lowest BCUT2D eigenvalue weighted by Gasteiger charge is -2.25. The number of carbonyl (C=O) groups is 1. The van der Waals surface area contributed by atoms with Crippen LogP contribution in [0.15, 0.2) is 66.9 Å². The number of urea groups is 1. The van der Waals surface area contributed by atoms with Gasteiger partial charge in [0.25, 0.3) is 0 Å². The van der Waals surface area contributed by atoms with E-state index in [1.165, 1.54) is 18.3 Å². The summed E-state index contributed by atoms with van der Waals surface area (Å²) in [5, 5.41) is 5.15. The van der Waals surface area contributed by atoms with Crippen molar-refractivity contribution in [1.82, 2.24) is 4.98 Å². The number of hydrogen-bond donors (Lipinski definition) is 2. The summed E-state index contributed by atoms with van der Waals surface area (Å²) in [4.78, 5) is 16.6. The topological polar surface area (TPSA) is 81.7 Å². The van der Waals surface area contributed by atoms with E-state index in [-0.39, 0.29) is 11.6 Å². The first-order chi connectivity index (χ1) is 16.1. The van der Waals surface area contributed by atoms with Crippen molar-refractivity contribution in [2.75, 3.05) is 17.2 Å². The van der Waals surface area contributed by atoms with Gasteiger partial charge in [-0.15, -0.1) is 13.2 Å². The fourth-order valence-corrected chi connectivity index (χ4v) is 3.08. The van der Waals surface area contributed by atoms with Gasteiger partial charge in [0.15, 0.2) is 0 Å². The molecule has 2 aromatic carbocycles. The summed E-state index contributed by atoms with van der Waals surface area (Å²) >= 11 is 0. The highest BCUT2D eigenvalue weighted by atomic mass is 19.4. The molecule has 0 aliphatic carbocycles. The molecule has 0 fully saturated rings. The number of alkyl halides is 3. The molecule has 3 rings (SSSR count). The molecule has 1 aromatic heterocycles. The number of nitrogens with zero attached hydrogens (tertiary/aromatic N) is 1. The van der Waals surface area contributed by atoms with Crippen LogP contribution in [0.3, 0.4) is 0 Å². The van der Waals surface area contributed by atoms with Crippen LogP contribution < -0.4 is 20.1 Å². The highest BCUT2D eigenvalue weighted by molar-refractivity contribution is 6.00. The summed E-state index contributed by atoms with van der Waals surface area (Å²) in [6.45, 7) is 6.38. The number of carbonyl (C=O) groups excluding carboxylic acids is 1. The number of hydrogen-bond acceptors (Lipinski definition) is 5. The number of amides is 2. The molecule has 0 bridgehead atoms. The normalized spacial score (nSPS) is 11.6. The summed E-state index contributed by atoms with van der Waals surface area (Å²) in [5.41, 5.74) is 0.962. The minimum absolute atomic E-state index is 0.165. The summed E-state index contributed by atoms with van der Waals surface area (Å²) < 4.78 is 52.3. The molecular weight excluding hydrogens is 451 g/mol. The molecule has 180 valence electrons. The fourth-order valence-electron chi connectivity index (χ4n) is 3.08. The molecule has 2 amide bonds. The highest BCUT2D eigenvalue weighted by Gasteiger charge is 2.31. The molecule has 7 nitrogen and oxygen atoms in total. The number of pyridine rings is 1. The van der Waals surface area contributed by atoms with Crippen LogP contribution in [0.5, 0.6) is 17.4 Å². The Hall–Kier alpha value is -3.79. The summed E-state index contributed by atoms with van der Waals surface area (Å²) in [6.07, 6.45) is -3.27. The first kappa shape index (κ1) is 24.8. The van der Waals surface area contributed by atoms with Crippen LogP contribution >= 0.6 is 0 Å². The number of halogens is 3. The van der Waals surface area contributed by atoms with Gasteiger partial charge in [-0.05, 0) is 74.9 Å². The van der Waals surface area contributed by atoms with Crippen molar-refractivity contribution in [2.24, 2.45) is 0 Å². The molecule has 0 saturated heterocycles. The maximum absolute atomic E-state index is 12.4. The molecule has 1 heterocycles. The van der Waals surface area contributed by atoms with Gasteiger partial charge in [-0.1, -0.05) is 12.1 Å². The minimum Gasteiger partial charge on any atom is -0.437 e. The third-order valence-corrected chi connectivity index (χ3v) is 4.61. The minimum atomic E-state index is -4.79. The zero-order valence-corrected chi connectivity index (χ0v) is 18.8. The number of nitrogens with one attached hydrogen (secondary N) is 2. The Morgan fingerprint density at radius 3 is 2.38 bits per heavy atom. The first-order valence-electron chi connectivity index (χ1n) is 10.4. The second-order valence-electron chi connectivity index (χ2n) is 7.58. The van der Waals surface area contributed by atoms with E-state index in [1.54, 1.807) is 18.2 Å². The summed E-state index contributed by atoms with van der Waals surface area (Å²) in [6, 6.07) is 14.7. The van der Waals surface area contributed by atoms with Crippen molar-refractivity contribution >= 4 is 17.4 Å². The number of anilines is 2. The average molecular weight is 475 g/mol. The Balaban J connectivity index is 1.68. The van der Waals surface area contributed by atoms with Crippen LogP contribution in [0, 0.1) is 0 Å². The molecule has 0 saturated carbocycles. The lowest BCUT2D eigenvalue weighted by atomic mass is 9.98. The van der Waals surface area contributed by atoms with Gasteiger partial charge in [0.1, 0.15) is 17.2 Å². The maximum Gasteiger partial charge on any atom is 0.573 e. The van der Waals surface area contributed by atoms with Crippen molar-refractivity contribution in [3.63, 3.8) is 0 Å². The van der Waals surface area contributed by atoms with E-state index in [9.17, 15) is 18.0 Å². The van der Waals surface area contributed by atoms with Gasteiger partial charge in [0.2, 0.25) is 5.88 Å². The van der Waals surface area contributed by atoms with Gasteiger partial charge in [0.05, 0.1) is 5.60 Å². The molecule has 3 aromatic rings. The Morgan fingerprint density at radius 1 is 0.971 bits per heavy atom. The van der Waals surface area contributed by atoms with Crippen LogP contribution in [0.4, 0.5) is 29.3 Å². The van der Waals surface area contributed by atoms with Crippen LogP contribution in [-0.2, 0) is 10.3 Å². The van der Waals surface area contributed by atoms with E-state index in [1.807, 2.05) is 39.0 Å². The largest absolute Gasteiger partial charge is 0.573 e. The third-order valence-electron chi connectivity index (χ3n) is 4.61. The number of benzene rings is 2. The Bertz CT molecular complexity index is 1120. The lowest BCUT2D eigenvalue weighted by molar-refractivity contribution is -0.274. The monoisotopic (exact) mass is 475 g/mol. The van der Waals surface area contributed by atoms with Crippen molar-refractivity contribution in [3.05, 3.63) is 72.4 Å². The molecular formula is C24H24F3N3O4. The number of rotatable bonds is 8. The molecule has 2 N–H and O–H groups in total. The zero-order chi connectivity index (χ0) is 24.8. The maximum atomic E-state index is 12.4. The van der Waals surface area contributed by atoms with Crippen molar-refractivity contribution in [3.8, 4) is 17.4 Å². The third kappa shape index (κ3) is 7.11. The first-order valence-corrected chi connectivity index (χ1v) is 10.4. The second kappa shape index (κ2) is 10.4. The zero-order valence-electron chi connectivity index (χ0n) is 18.8. The highest BCUT2D eigenvalue weighted by Crippen LogP contribution is 2.32. The smallest absolute Gasteiger partial charge is 0.437 e. The quantitative estimate of drug-likeness (QED) is 0.379. The van der Waals surface area contributed by atoms with Crippen molar-refractivity contribution in [1.29, 1.82) is 0 Å². The molecule has 0 spiro atoms. The van der Waals surface area contributed by atoms with Crippen LogP contribution in [0.25, 0.3) is 0 Å². The van der Waals surface area contributed by atoms with Crippen LogP contribution in [0.1, 0.15) is 26.3 Å². The van der Waals surface area contributed by atoms with E-state index in [0.717, 1.165) is 17.7 Å². The van der Waals surface area contributed by atoms with E-state index >= 15 is 0 Å². The molecule has 0 aliphatic heterocycles. The summed E-state index contributed by atoms with van der Waals surface area (Å²) in [5.74, 6) is 0.279. The standard InChI is InChI=1S/C24H24F3N3O4/c1-4-32-23(2,3)16-7-5-8-19(15-16)33-21-20(9-6-14-28-21)30-22(31)29-17-10-12-18(13-11-17)34-24(25,26)27/h5-15H,4H2,1-3H3,(H2,29,30,31). The molecule has 0 radical (unpaired) electrons. The van der Waals surface area contributed by atoms with Crippen LogP contribution in [0.2, 0.25) is 0 Å². The van der Waals surface area contributed by atoms with Crippen LogP contribution in [-0.4, -0.2) is 24.0 Å². The number of ether oxygens (including phenoxy) is 3. The summed E-state index contributed by atoms with van der Waals surface area (Å²) in [7, 11) is 0. The lowest BCUT2D eigenvalue weighted by Crippen LogP contribution is -2.21. The second-order valence-corrected chi connectivity index (χ2v) is 7.58. The molecule has 0 unspecified atom stereocenters. The van der Waals surface area contributed by atoms with Gasteiger partial charge in [-0.25, -0.2) is 9.78 Å². The Kier molecular flexibility index (Phi) is 7.62. The Labute approximate surface area is 194 Å². The SMILES string of the molecule is CCOC(C)(C)c1cccc(Oc2ncccc2NC(=O)Nc2ccc(OC(F)(F)F)cc2)c1. The molecule has 0 aliphatic rings. The van der Waals surface area contributed by atoms with Gasteiger partial charge in [-0.3, -0.25) is 0 Å². The van der Waals surface area contributed by atoms with E-state index in [2.05, 4.69) is 20.4 Å². The fraction of sp³-hybridized carbons (Fsp3) is 0.250. The average Bonchev–Trinajstić information content (AvgIpc) is 2.76. The van der Waals surface area contributed by atoms with E-state index in [4.69, 9.17) is 9.47 Å². The predicted molar refractivity (Wildman–Crippen MR) is 121 cm³/mol. The molecule has 10 heteroatoms. The van der Waals surface area contributed by atoms with Crippen molar-refractivity contribution in [2.45, 2.75) is 32.7 Å².